The normalized spacial score (nSPS) is 10.4. The van der Waals surface area contributed by atoms with E-state index in [-0.39, 0.29) is 0 Å². The van der Waals surface area contributed by atoms with Crippen LogP contribution in [-0.2, 0) is 4.79 Å². The number of benzene rings is 1. The number of rotatable bonds is 3. The summed E-state index contributed by atoms with van der Waals surface area (Å²) in [6, 6.07) is 15.5. The Labute approximate surface area is 104 Å². The smallest absolute Gasteiger partial charge is 0.212 e. The van der Waals surface area contributed by atoms with Crippen molar-refractivity contribution in [1.82, 2.24) is 9.38 Å². The highest BCUT2D eigenvalue weighted by Crippen LogP contribution is 2.27. The standard InChI is InChI=1S/C14H11N3O/c18-10-15-14-13(11-6-2-1-3-7-11)16-12-8-4-5-9-17(12)14/h1-10H,(H,15,18). The average Bonchev–Trinajstić information content (AvgIpc) is 2.80. The van der Waals surface area contributed by atoms with Gasteiger partial charge in [0.05, 0.1) is 0 Å². The van der Waals surface area contributed by atoms with Gasteiger partial charge >= 0.3 is 0 Å². The first-order chi connectivity index (χ1) is 8.90. The maximum Gasteiger partial charge on any atom is 0.212 e. The van der Waals surface area contributed by atoms with Crippen LogP contribution in [0.15, 0.2) is 54.7 Å². The van der Waals surface area contributed by atoms with Crippen molar-refractivity contribution in [3.63, 3.8) is 0 Å². The van der Waals surface area contributed by atoms with Crippen LogP contribution in [0.2, 0.25) is 0 Å². The van der Waals surface area contributed by atoms with Gasteiger partial charge in [-0.15, -0.1) is 0 Å². The lowest BCUT2D eigenvalue weighted by atomic mass is 10.1. The van der Waals surface area contributed by atoms with Gasteiger partial charge in [0, 0.05) is 11.8 Å². The second-order valence-corrected chi connectivity index (χ2v) is 3.87. The van der Waals surface area contributed by atoms with E-state index in [2.05, 4.69) is 10.3 Å². The Hall–Kier alpha value is -2.62. The molecule has 1 aromatic carbocycles. The summed E-state index contributed by atoms with van der Waals surface area (Å²) in [6.45, 7) is 0. The Morgan fingerprint density at radius 3 is 2.61 bits per heavy atom. The summed E-state index contributed by atoms with van der Waals surface area (Å²) in [6.07, 6.45) is 2.55. The van der Waals surface area contributed by atoms with Gasteiger partial charge < -0.3 is 5.32 Å². The maximum atomic E-state index is 10.7. The molecule has 4 nitrogen and oxygen atoms in total. The van der Waals surface area contributed by atoms with Gasteiger partial charge in [0.2, 0.25) is 6.41 Å². The van der Waals surface area contributed by atoms with Gasteiger partial charge in [-0.1, -0.05) is 36.4 Å². The van der Waals surface area contributed by atoms with Crippen molar-refractivity contribution >= 4 is 17.9 Å². The molecule has 0 spiro atoms. The lowest BCUT2D eigenvalue weighted by molar-refractivity contribution is -0.105. The molecular formula is C14H11N3O. The number of amides is 1. The fourth-order valence-corrected chi connectivity index (χ4v) is 1.99. The molecule has 2 heterocycles. The molecule has 0 aliphatic carbocycles. The number of carbonyl (C=O) groups is 1. The van der Waals surface area contributed by atoms with Crippen molar-refractivity contribution in [2.75, 3.05) is 5.32 Å². The second kappa shape index (κ2) is 4.33. The Balaban J connectivity index is 2.28. The van der Waals surface area contributed by atoms with Crippen LogP contribution in [0, 0.1) is 0 Å². The van der Waals surface area contributed by atoms with E-state index in [4.69, 9.17) is 0 Å². The molecule has 0 aliphatic rings. The number of aromatic nitrogens is 2. The SMILES string of the molecule is O=CNc1c(-c2ccccc2)nc2ccccn12. The Bertz CT molecular complexity index is 689. The lowest BCUT2D eigenvalue weighted by Gasteiger charge is -2.02. The number of imidazole rings is 1. The number of nitrogens with zero attached hydrogens (tertiary/aromatic N) is 2. The molecular weight excluding hydrogens is 226 g/mol. The third kappa shape index (κ3) is 1.64. The van der Waals surface area contributed by atoms with Crippen LogP contribution in [0.1, 0.15) is 0 Å². The molecule has 0 fully saturated rings. The Morgan fingerprint density at radius 1 is 1.06 bits per heavy atom. The number of carbonyl (C=O) groups excluding carboxylic acids is 1. The number of hydrogen-bond acceptors (Lipinski definition) is 2. The van der Waals surface area contributed by atoms with Crippen LogP contribution < -0.4 is 5.32 Å². The summed E-state index contributed by atoms with van der Waals surface area (Å²) in [5, 5.41) is 2.72. The fraction of sp³-hybridized carbons (Fsp3) is 0. The van der Waals surface area contributed by atoms with Gasteiger partial charge in [-0.2, -0.15) is 0 Å². The average molecular weight is 237 g/mol. The number of fused-ring (bicyclic) bond motifs is 1. The van der Waals surface area contributed by atoms with E-state index < -0.39 is 0 Å². The van der Waals surface area contributed by atoms with E-state index in [0.717, 1.165) is 16.9 Å². The van der Waals surface area contributed by atoms with Gasteiger partial charge in [-0.25, -0.2) is 4.98 Å². The highest BCUT2D eigenvalue weighted by atomic mass is 16.1. The van der Waals surface area contributed by atoms with E-state index in [9.17, 15) is 4.79 Å². The zero-order valence-electron chi connectivity index (χ0n) is 9.58. The first-order valence-corrected chi connectivity index (χ1v) is 5.63. The molecule has 0 radical (unpaired) electrons. The lowest BCUT2D eigenvalue weighted by Crippen LogP contribution is -1.99. The van der Waals surface area contributed by atoms with Crippen LogP contribution in [0.3, 0.4) is 0 Å². The molecule has 2 aromatic heterocycles. The minimum Gasteiger partial charge on any atom is -0.313 e. The molecule has 0 aliphatic heterocycles. The van der Waals surface area contributed by atoms with Crippen LogP contribution in [-0.4, -0.2) is 15.8 Å². The van der Waals surface area contributed by atoms with Crippen LogP contribution in [0.4, 0.5) is 5.82 Å². The van der Waals surface area contributed by atoms with E-state index in [1.165, 1.54) is 0 Å². The third-order valence-electron chi connectivity index (χ3n) is 2.77. The number of hydrogen-bond donors (Lipinski definition) is 1. The molecule has 1 amide bonds. The van der Waals surface area contributed by atoms with Crippen molar-refractivity contribution in [2.45, 2.75) is 0 Å². The van der Waals surface area contributed by atoms with Crippen LogP contribution in [0.25, 0.3) is 16.9 Å². The first kappa shape index (κ1) is 10.5. The van der Waals surface area contributed by atoms with Gasteiger partial charge in [-0.3, -0.25) is 9.20 Å². The summed E-state index contributed by atoms with van der Waals surface area (Å²) in [5.74, 6) is 0.687. The minimum atomic E-state index is 0.670. The van der Waals surface area contributed by atoms with Crippen molar-refractivity contribution in [1.29, 1.82) is 0 Å². The van der Waals surface area contributed by atoms with E-state index in [1.54, 1.807) is 0 Å². The van der Waals surface area contributed by atoms with E-state index in [0.29, 0.717) is 12.2 Å². The maximum absolute atomic E-state index is 10.7. The van der Waals surface area contributed by atoms with Gasteiger partial charge in [0.1, 0.15) is 17.2 Å². The molecule has 0 saturated carbocycles. The molecule has 88 valence electrons. The van der Waals surface area contributed by atoms with Crippen molar-refractivity contribution < 1.29 is 4.79 Å². The molecule has 18 heavy (non-hydrogen) atoms. The van der Waals surface area contributed by atoms with Crippen molar-refractivity contribution in [2.24, 2.45) is 0 Å². The molecule has 3 aromatic rings. The van der Waals surface area contributed by atoms with Crippen LogP contribution in [0.5, 0.6) is 0 Å². The van der Waals surface area contributed by atoms with Crippen LogP contribution >= 0.6 is 0 Å². The van der Waals surface area contributed by atoms with Crippen molar-refractivity contribution in [3.05, 3.63) is 54.7 Å². The predicted molar refractivity (Wildman–Crippen MR) is 70.3 cm³/mol. The zero-order chi connectivity index (χ0) is 12.4. The minimum absolute atomic E-state index is 0.670. The van der Waals surface area contributed by atoms with Gasteiger partial charge in [-0.05, 0) is 12.1 Å². The first-order valence-electron chi connectivity index (χ1n) is 5.63. The quantitative estimate of drug-likeness (QED) is 0.711. The number of anilines is 1. The van der Waals surface area contributed by atoms with E-state index in [1.807, 2.05) is 59.1 Å². The number of pyridine rings is 1. The molecule has 4 heteroatoms. The summed E-state index contributed by atoms with van der Waals surface area (Å²) < 4.78 is 1.86. The molecule has 1 N–H and O–H groups in total. The fourth-order valence-electron chi connectivity index (χ4n) is 1.99. The van der Waals surface area contributed by atoms with Gasteiger partial charge in [0.15, 0.2) is 0 Å². The Kier molecular flexibility index (Phi) is 2.53. The summed E-state index contributed by atoms with van der Waals surface area (Å²) in [5.41, 5.74) is 2.56. The monoisotopic (exact) mass is 237 g/mol. The molecule has 3 rings (SSSR count). The molecule has 0 atom stereocenters. The zero-order valence-corrected chi connectivity index (χ0v) is 9.58. The highest BCUT2D eigenvalue weighted by Gasteiger charge is 2.12. The van der Waals surface area contributed by atoms with E-state index >= 15 is 0 Å². The number of nitrogens with one attached hydrogen (secondary N) is 1. The predicted octanol–water partition coefficient (Wildman–Crippen LogP) is 2.57. The summed E-state index contributed by atoms with van der Waals surface area (Å²) in [7, 11) is 0. The highest BCUT2D eigenvalue weighted by molar-refractivity contribution is 5.83. The molecule has 0 saturated heterocycles. The van der Waals surface area contributed by atoms with Gasteiger partial charge in [0.25, 0.3) is 0 Å². The molecule has 0 unspecified atom stereocenters. The summed E-state index contributed by atoms with van der Waals surface area (Å²) in [4.78, 5) is 15.3. The largest absolute Gasteiger partial charge is 0.313 e. The molecule has 0 bridgehead atoms. The third-order valence-corrected chi connectivity index (χ3v) is 2.77. The topological polar surface area (TPSA) is 46.4 Å². The van der Waals surface area contributed by atoms with Crippen molar-refractivity contribution in [3.8, 4) is 11.3 Å². The second-order valence-electron chi connectivity index (χ2n) is 3.87. The Morgan fingerprint density at radius 2 is 1.83 bits per heavy atom. The summed E-state index contributed by atoms with van der Waals surface area (Å²) >= 11 is 0.